The zero-order valence-electron chi connectivity index (χ0n) is 16.9. The van der Waals surface area contributed by atoms with E-state index in [0.29, 0.717) is 17.5 Å². The summed E-state index contributed by atoms with van der Waals surface area (Å²) in [6.45, 7) is 1.82. The van der Waals surface area contributed by atoms with Crippen molar-refractivity contribution in [2.75, 3.05) is 0 Å². The number of hydrogen-bond acceptors (Lipinski definition) is 5. The standard InChI is InChI=1S/C25H19N3O3/c1-2-23(31-25(30)20-15-26-18-11-5-6-12-19(18)27-20)24(29)28-21-13-7-3-9-16(21)17-10-4-8-14-22(17)28/h3-15,23H,2H2,1H3. The SMILES string of the molecule is CCC(OC(=O)c1cnc2ccccc2n1)C(=O)n1c2ccccc2c2ccccc21. The summed E-state index contributed by atoms with van der Waals surface area (Å²) in [5.41, 5.74) is 2.93. The molecule has 0 saturated heterocycles. The van der Waals surface area contributed by atoms with Crippen molar-refractivity contribution in [1.82, 2.24) is 14.5 Å². The fourth-order valence-electron chi connectivity index (χ4n) is 3.86. The Labute approximate surface area is 178 Å². The molecule has 2 heterocycles. The third-order valence-electron chi connectivity index (χ3n) is 5.35. The molecule has 1 atom stereocenters. The van der Waals surface area contributed by atoms with Crippen LogP contribution in [0.5, 0.6) is 0 Å². The number of rotatable bonds is 4. The third kappa shape index (κ3) is 3.22. The van der Waals surface area contributed by atoms with E-state index in [4.69, 9.17) is 4.74 Å². The number of hydrogen-bond donors (Lipinski definition) is 0. The number of esters is 1. The van der Waals surface area contributed by atoms with Crippen LogP contribution in [0.4, 0.5) is 0 Å². The van der Waals surface area contributed by atoms with Gasteiger partial charge in [-0.05, 0) is 30.7 Å². The summed E-state index contributed by atoms with van der Waals surface area (Å²) in [6.07, 6.45) is 0.773. The Morgan fingerprint density at radius 2 is 1.45 bits per heavy atom. The Hall–Kier alpha value is -4.06. The fourth-order valence-corrected chi connectivity index (χ4v) is 3.86. The maximum atomic E-state index is 13.5. The predicted octanol–water partition coefficient (Wildman–Crippen LogP) is 5.01. The molecule has 0 fully saturated rings. The Morgan fingerprint density at radius 1 is 0.871 bits per heavy atom. The molecule has 6 heteroatoms. The molecule has 0 bridgehead atoms. The van der Waals surface area contributed by atoms with Crippen molar-refractivity contribution in [2.45, 2.75) is 19.4 Å². The van der Waals surface area contributed by atoms with Gasteiger partial charge >= 0.3 is 5.97 Å². The normalized spacial score (nSPS) is 12.3. The Bertz CT molecular complexity index is 1400. The topological polar surface area (TPSA) is 74.1 Å². The average molecular weight is 409 g/mol. The van der Waals surface area contributed by atoms with E-state index in [1.54, 1.807) is 10.6 Å². The molecule has 0 spiro atoms. The van der Waals surface area contributed by atoms with Crippen LogP contribution in [0.15, 0.2) is 79.0 Å². The van der Waals surface area contributed by atoms with Crippen LogP contribution in [0.3, 0.4) is 0 Å². The lowest BCUT2D eigenvalue weighted by Crippen LogP contribution is -2.31. The molecule has 3 aromatic carbocycles. The number of carbonyl (C=O) groups excluding carboxylic acids is 2. The van der Waals surface area contributed by atoms with Crippen LogP contribution in [0.2, 0.25) is 0 Å². The lowest BCUT2D eigenvalue weighted by atomic mass is 10.2. The van der Waals surface area contributed by atoms with Gasteiger partial charge in [0.15, 0.2) is 11.8 Å². The first-order valence-electron chi connectivity index (χ1n) is 10.1. The van der Waals surface area contributed by atoms with Gasteiger partial charge in [-0.15, -0.1) is 0 Å². The van der Waals surface area contributed by atoms with Crippen molar-refractivity contribution in [3.8, 4) is 0 Å². The highest BCUT2D eigenvalue weighted by atomic mass is 16.5. The van der Waals surface area contributed by atoms with Gasteiger partial charge in [0.05, 0.1) is 28.3 Å². The summed E-state index contributed by atoms with van der Waals surface area (Å²) in [6, 6.07) is 22.7. The van der Waals surface area contributed by atoms with E-state index in [1.165, 1.54) is 6.20 Å². The minimum Gasteiger partial charge on any atom is -0.447 e. The van der Waals surface area contributed by atoms with Gasteiger partial charge in [0.25, 0.3) is 5.91 Å². The van der Waals surface area contributed by atoms with Gasteiger partial charge < -0.3 is 4.74 Å². The smallest absolute Gasteiger partial charge is 0.359 e. The van der Waals surface area contributed by atoms with Gasteiger partial charge in [0, 0.05) is 10.8 Å². The van der Waals surface area contributed by atoms with Crippen LogP contribution >= 0.6 is 0 Å². The van der Waals surface area contributed by atoms with E-state index < -0.39 is 12.1 Å². The molecule has 2 aromatic heterocycles. The second-order valence-electron chi connectivity index (χ2n) is 7.25. The lowest BCUT2D eigenvalue weighted by molar-refractivity contribution is 0.0239. The highest BCUT2D eigenvalue weighted by molar-refractivity contribution is 6.14. The minimum absolute atomic E-state index is 0.0761. The van der Waals surface area contributed by atoms with Crippen molar-refractivity contribution < 1.29 is 14.3 Å². The third-order valence-corrected chi connectivity index (χ3v) is 5.35. The Balaban J connectivity index is 1.51. The fraction of sp³-hybridized carbons (Fsp3) is 0.120. The van der Waals surface area contributed by atoms with Gasteiger partial charge in [-0.1, -0.05) is 55.5 Å². The number of nitrogens with zero attached hydrogens (tertiary/aromatic N) is 3. The first kappa shape index (κ1) is 18.9. The highest BCUT2D eigenvalue weighted by Crippen LogP contribution is 2.29. The van der Waals surface area contributed by atoms with E-state index in [-0.39, 0.29) is 11.6 Å². The number of carbonyl (C=O) groups is 2. The summed E-state index contributed by atoms with van der Waals surface area (Å²) >= 11 is 0. The Morgan fingerprint density at radius 3 is 2.10 bits per heavy atom. The predicted molar refractivity (Wildman–Crippen MR) is 119 cm³/mol. The zero-order valence-corrected chi connectivity index (χ0v) is 16.9. The molecule has 0 amide bonds. The first-order chi connectivity index (χ1) is 15.2. The van der Waals surface area contributed by atoms with Crippen molar-refractivity contribution >= 4 is 44.7 Å². The van der Waals surface area contributed by atoms with Crippen LogP contribution in [0.1, 0.15) is 28.6 Å². The summed E-state index contributed by atoms with van der Waals surface area (Å²) in [5.74, 6) is -0.957. The van der Waals surface area contributed by atoms with E-state index in [9.17, 15) is 9.59 Å². The van der Waals surface area contributed by atoms with Gasteiger partial charge in [0.2, 0.25) is 0 Å². The van der Waals surface area contributed by atoms with Crippen molar-refractivity contribution in [1.29, 1.82) is 0 Å². The monoisotopic (exact) mass is 409 g/mol. The Kier molecular flexibility index (Phi) is 4.67. The molecule has 0 saturated carbocycles. The van der Waals surface area contributed by atoms with Crippen molar-refractivity contribution in [3.63, 3.8) is 0 Å². The van der Waals surface area contributed by atoms with Crippen molar-refractivity contribution in [3.05, 3.63) is 84.7 Å². The van der Waals surface area contributed by atoms with Crippen LogP contribution in [-0.4, -0.2) is 32.5 Å². The number of benzene rings is 3. The molecule has 0 aliphatic heterocycles. The van der Waals surface area contributed by atoms with Crippen LogP contribution in [0.25, 0.3) is 32.8 Å². The van der Waals surface area contributed by atoms with Crippen molar-refractivity contribution in [2.24, 2.45) is 0 Å². The first-order valence-corrected chi connectivity index (χ1v) is 10.1. The lowest BCUT2D eigenvalue weighted by Gasteiger charge is -2.16. The number of aromatic nitrogens is 3. The molecular formula is C25H19N3O3. The number of ether oxygens (including phenoxy) is 1. The van der Waals surface area contributed by atoms with E-state index in [1.807, 2.05) is 73.7 Å². The van der Waals surface area contributed by atoms with Crippen LogP contribution in [-0.2, 0) is 4.74 Å². The molecule has 0 radical (unpaired) electrons. The van der Waals surface area contributed by atoms with Gasteiger partial charge in [-0.2, -0.15) is 0 Å². The highest BCUT2D eigenvalue weighted by Gasteiger charge is 2.27. The quantitative estimate of drug-likeness (QED) is 0.390. The number of para-hydroxylation sites is 4. The zero-order chi connectivity index (χ0) is 21.4. The second kappa shape index (κ2) is 7.65. The summed E-state index contributed by atoms with van der Waals surface area (Å²) in [7, 11) is 0. The maximum absolute atomic E-state index is 13.5. The average Bonchev–Trinajstić information content (AvgIpc) is 3.16. The molecule has 0 aliphatic carbocycles. The molecule has 5 aromatic rings. The van der Waals surface area contributed by atoms with Gasteiger partial charge in [-0.3, -0.25) is 14.3 Å². The van der Waals surface area contributed by atoms with E-state index in [0.717, 1.165) is 21.8 Å². The van der Waals surface area contributed by atoms with E-state index in [2.05, 4.69) is 9.97 Å². The minimum atomic E-state index is -0.944. The second-order valence-corrected chi connectivity index (χ2v) is 7.25. The molecular weight excluding hydrogens is 390 g/mol. The molecule has 0 aliphatic rings. The molecule has 1 unspecified atom stereocenters. The van der Waals surface area contributed by atoms with E-state index >= 15 is 0 Å². The molecule has 31 heavy (non-hydrogen) atoms. The van der Waals surface area contributed by atoms with Crippen LogP contribution < -0.4 is 0 Å². The molecule has 0 N–H and O–H groups in total. The molecule has 5 rings (SSSR count). The van der Waals surface area contributed by atoms with Gasteiger partial charge in [-0.25, -0.2) is 9.78 Å². The summed E-state index contributed by atoms with van der Waals surface area (Å²) in [5, 5.41) is 1.96. The molecule has 152 valence electrons. The van der Waals surface area contributed by atoms with Gasteiger partial charge in [0.1, 0.15) is 0 Å². The summed E-state index contributed by atoms with van der Waals surface area (Å²) < 4.78 is 7.24. The summed E-state index contributed by atoms with van der Waals surface area (Å²) in [4.78, 5) is 34.9. The number of fused-ring (bicyclic) bond motifs is 4. The largest absolute Gasteiger partial charge is 0.447 e. The maximum Gasteiger partial charge on any atom is 0.359 e. The molecule has 6 nitrogen and oxygen atoms in total. The van der Waals surface area contributed by atoms with Crippen LogP contribution in [0, 0.1) is 0 Å².